The Morgan fingerprint density at radius 3 is 2.85 bits per heavy atom. The predicted octanol–water partition coefficient (Wildman–Crippen LogP) is 1.59. The first kappa shape index (κ1) is 19.6. The number of nitriles is 1. The standard InChI is InChI=1S/C17H15N5O4S/c1-2-26-16(25)13(7-11-14(23)21-17(27)22-15(11)24)20-9-10(8-18)12-5-3-4-6-19-12/h3-7,9,20H,2H2,1H3,(H3,21,22,23,24,27)/b10-9-,13-7-. The lowest BCUT2D eigenvalue weighted by molar-refractivity contribution is -0.138. The van der Waals surface area contributed by atoms with Gasteiger partial charge in [0.15, 0.2) is 4.77 Å². The molecule has 2 heterocycles. The zero-order valence-corrected chi connectivity index (χ0v) is 15.0. The van der Waals surface area contributed by atoms with Crippen molar-refractivity contribution in [2.24, 2.45) is 0 Å². The fraction of sp³-hybridized carbons (Fsp3) is 0.118. The summed E-state index contributed by atoms with van der Waals surface area (Å²) in [5, 5.41) is 21.8. The van der Waals surface area contributed by atoms with Gasteiger partial charge in [0.25, 0.3) is 5.56 Å². The van der Waals surface area contributed by atoms with Crippen molar-refractivity contribution in [3.8, 4) is 11.9 Å². The molecule has 0 saturated carbocycles. The predicted molar refractivity (Wildman–Crippen MR) is 99.5 cm³/mol. The molecule has 0 unspecified atom stereocenters. The summed E-state index contributed by atoms with van der Waals surface area (Å²) in [6.07, 6.45) is 3.86. The molecule has 0 aromatic carbocycles. The van der Waals surface area contributed by atoms with Crippen LogP contribution in [0.15, 0.2) is 41.1 Å². The molecule has 0 radical (unpaired) electrons. The van der Waals surface area contributed by atoms with Crippen LogP contribution in [0.5, 0.6) is 5.88 Å². The second kappa shape index (κ2) is 9.12. The van der Waals surface area contributed by atoms with Gasteiger partial charge < -0.3 is 20.1 Å². The number of hydrogen-bond donors (Lipinski definition) is 4. The smallest absolute Gasteiger partial charge is 0.354 e. The van der Waals surface area contributed by atoms with Crippen LogP contribution in [0.25, 0.3) is 11.6 Å². The Kier molecular flexibility index (Phi) is 6.62. The van der Waals surface area contributed by atoms with Gasteiger partial charge in [-0.3, -0.25) is 14.8 Å². The Morgan fingerprint density at radius 2 is 2.26 bits per heavy atom. The van der Waals surface area contributed by atoms with E-state index >= 15 is 0 Å². The van der Waals surface area contributed by atoms with Gasteiger partial charge in [0.05, 0.1) is 17.9 Å². The molecule has 9 nitrogen and oxygen atoms in total. The lowest BCUT2D eigenvalue weighted by Crippen LogP contribution is -2.20. The monoisotopic (exact) mass is 385 g/mol. The fourth-order valence-electron chi connectivity index (χ4n) is 1.97. The third-order valence-electron chi connectivity index (χ3n) is 3.18. The summed E-state index contributed by atoms with van der Waals surface area (Å²) in [5.74, 6) is -1.30. The van der Waals surface area contributed by atoms with Gasteiger partial charge in [-0.1, -0.05) is 6.07 Å². The van der Waals surface area contributed by atoms with Crippen LogP contribution in [-0.2, 0) is 9.53 Å². The molecule has 0 bridgehead atoms. The van der Waals surface area contributed by atoms with Gasteiger partial charge >= 0.3 is 5.97 Å². The SMILES string of the molecule is CCOC(=O)/C(=C/c1c(O)[nH]c(=S)[nH]c1=O)N/C=C(/C#N)c1ccccn1. The van der Waals surface area contributed by atoms with E-state index in [-0.39, 0.29) is 28.2 Å². The number of rotatable bonds is 6. The lowest BCUT2D eigenvalue weighted by atomic mass is 10.2. The van der Waals surface area contributed by atoms with Crippen LogP contribution in [-0.4, -0.2) is 32.6 Å². The number of ether oxygens (including phenoxy) is 1. The van der Waals surface area contributed by atoms with Crippen molar-refractivity contribution in [1.82, 2.24) is 20.3 Å². The van der Waals surface area contributed by atoms with E-state index in [2.05, 4.69) is 20.3 Å². The molecule has 0 saturated heterocycles. The summed E-state index contributed by atoms with van der Waals surface area (Å²) in [5.41, 5.74) is -0.568. The average Bonchev–Trinajstić information content (AvgIpc) is 2.64. The zero-order chi connectivity index (χ0) is 19.8. The van der Waals surface area contributed by atoms with Gasteiger partial charge in [-0.15, -0.1) is 0 Å². The quantitative estimate of drug-likeness (QED) is 0.254. The lowest BCUT2D eigenvalue weighted by Gasteiger charge is -2.08. The molecule has 10 heteroatoms. The number of nitrogens with one attached hydrogen (secondary N) is 3. The Labute approximate surface area is 158 Å². The number of esters is 1. The first-order valence-electron chi connectivity index (χ1n) is 7.68. The number of nitrogens with zero attached hydrogens (tertiary/aromatic N) is 2. The van der Waals surface area contributed by atoms with Crippen LogP contribution in [0.3, 0.4) is 0 Å². The topological polar surface area (TPSA) is 144 Å². The second-order valence-electron chi connectivity index (χ2n) is 4.98. The molecule has 27 heavy (non-hydrogen) atoms. The Bertz CT molecular complexity index is 1050. The van der Waals surface area contributed by atoms with Crippen molar-refractivity contribution in [2.75, 3.05) is 6.61 Å². The van der Waals surface area contributed by atoms with Gasteiger partial charge in [0.2, 0.25) is 5.88 Å². The number of aromatic amines is 2. The molecular weight excluding hydrogens is 370 g/mol. The Hall–Kier alpha value is -3.71. The van der Waals surface area contributed by atoms with Crippen LogP contribution in [0, 0.1) is 16.1 Å². The number of H-pyrrole nitrogens is 2. The van der Waals surface area contributed by atoms with E-state index in [1.54, 1.807) is 25.1 Å². The molecule has 0 aliphatic heterocycles. The normalized spacial score (nSPS) is 11.6. The maximum atomic E-state index is 12.2. The highest BCUT2D eigenvalue weighted by atomic mass is 32.1. The average molecular weight is 385 g/mol. The molecular formula is C17H15N5O4S. The summed E-state index contributed by atoms with van der Waals surface area (Å²) in [7, 11) is 0. The van der Waals surface area contributed by atoms with Crippen LogP contribution >= 0.6 is 12.2 Å². The molecule has 0 aliphatic carbocycles. The van der Waals surface area contributed by atoms with E-state index in [4.69, 9.17) is 17.0 Å². The minimum atomic E-state index is -0.784. The van der Waals surface area contributed by atoms with Gasteiger partial charge in [-0.25, -0.2) is 4.79 Å². The number of carbonyl (C=O) groups excluding carboxylic acids is 1. The molecule has 2 aromatic heterocycles. The van der Waals surface area contributed by atoms with Crippen LogP contribution < -0.4 is 10.9 Å². The highest BCUT2D eigenvalue weighted by Gasteiger charge is 2.14. The largest absolute Gasteiger partial charge is 0.494 e. The maximum absolute atomic E-state index is 12.2. The van der Waals surface area contributed by atoms with Crippen LogP contribution in [0.2, 0.25) is 0 Å². The van der Waals surface area contributed by atoms with E-state index in [1.165, 1.54) is 12.4 Å². The van der Waals surface area contributed by atoms with Crippen molar-refractivity contribution < 1.29 is 14.6 Å². The number of hydrogen-bond acceptors (Lipinski definition) is 8. The second-order valence-corrected chi connectivity index (χ2v) is 5.39. The Balaban J connectivity index is 2.46. The highest BCUT2D eigenvalue weighted by molar-refractivity contribution is 7.71. The summed E-state index contributed by atoms with van der Waals surface area (Å²) in [6.45, 7) is 1.70. The first-order valence-corrected chi connectivity index (χ1v) is 8.09. The van der Waals surface area contributed by atoms with E-state index in [0.717, 1.165) is 6.08 Å². The molecule has 4 N–H and O–H groups in total. The van der Waals surface area contributed by atoms with Crippen LogP contribution in [0.1, 0.15) is 18.2 Å². The Morgan fingerprint density at radius 1 is 1.48 bits per heavy atom. The summed E-state index contributed by atoms with van der Waals surface area (Å²) in [4.78, 5) is 32.9. The van der Waals surface area contributed by atoms with Gasteiger partial charge in [-0.2, -0.15) is 5.26 Å². The van der Waals surface area contributed by atoms with E-state index in [9.17, 15) is 20.0 Å². The number of pyridine rings is 1. The van der Waals surface area contributed by atoms with Crippen molar-refractivity contribution >= 4 is 29.8 Å². The molecule has 2 aromatic rings. The molecule has 0 fully saturated rings. The van der Waals surface area contributed by atoms with E-state index in [0.29, 0.717) is 5.69 Å². The summed E-state index contributed by atoms with van der Waals surface area (Å²) < 4.78 is 4.86. The van der Waals surface area contributed by atoms with Crippen molar-refractivity contribution in [2.45, 2.75) is 6.92 Å². The minimum absolute atomic E-state index is 0.0675. The number of aromatic hydroxyl groups is 1. The van der Waals surface area contributed by atoms with Crippen LogP contribution in [0.4, 0.5) is 0 Å². The number of carbonyl (C=O) groups is 1. The van der Waals surface area contributed by atoms with Crippen molar-refractivity contribution in [3.63, 3.8) is 0 Å². The summed E-state index contributed by atoms with van der Waals surface area (Å²) >= 11 is 4.76. The zero-order valence-electron chi connectivity index (χ0n) is 14.1. The molecule has 2 rings (SSSR count). The molecule has 0 atom stereocenters. The van der Waals surface area contributed by atoms with Gasteiger partial charge in [0, 0.05) is 12.4 Å². The van der Waals surface area contributed by atoms with Crippen molar-refractivity contribution in [3.05, 3.63) is 62.7 Å². The molecule has 138 valence electrons. The minimum Gasteiger partial charge on any atom is -0.494 e. The first-order chi connectivity index (χ1) is 13.0. The third-order valence-corrected chi connectivity index (χ3v) is 3.38. The van der Waals surface area contributed by atoms with Gasteiger partial charge in [0.1, 0.15) is 17.3 Å². The number of aromatic nitrogens is 3. The summed E-state index contributed by atoms with van der Waals surface area (Å²) in [6, 6.07) is 6.99. The number of allylic oxidation sites excluding steroid dienone is 1. The van der Waals surface area contributed by atoms with Crippen molar-refractivity contribution in [1.29, 1.82) is 5.26 Å². The van der Waals surface area contributed by atoms with E-state index < -0.39 is 17.4 Å². The molecule has 0 aliphatic rings. The van der Waals surface area contributed by atoms with Gasteiger partial charge in [-0.05, 0) is 37.4 Å². The third kappa shape index (κ3) is 5.13. The molecule has 0 spiro atoms. The molecule has 0 amide bonds. The maximum Gasteiger partial charge on any atom is 0.354 e. The van der Waals surface area contributed by atoms with E-state index in [1.807, 2.05) is 6.07 Å². The fourth-order valence-corrected chi connectivity index (χ4v) is 2.16. The highest BCUT2D eigenvalue weighted by Crippen LogP contribution is 2.13.